The van der Waals surface area contributed by atoms with E-state index in [1.807, 2.05) is 0 Å². The molecule has 3 heterocycles. The van der Waals surface area contributed by atoms with Crippen molar-refractivity contribution in [3.8, 4) is 11.4 Å². The number of anilines is 1. The summed E-state index contributed by atoms with van der Waals surface area (Å²) in [6, 6.07) is 4.25. The molecule has 2 aromatic heterocycles. The summed E-state index contributed by atoms with van der Waals surface area (Å²) in [5, 5.41) is 0. The van der Waals surface area contributed by atoms with Crippen molar-refractivity contribution >= 4 is 5.82 Å². The van der Waals surface area contributed by atoms with Gasteiger partial charge in [-0.15, -0.1) is 6.58 Å². The fourth-order valence-electron chi connectivity index (χ4n) is 2.64. The number of alkyl halides is 3. The van der Waals surface area contributed by atoms with Gasteiger partial charge < -0.3 is 9.64 Å². The van der Waals surface area contributed by atoms with E-state index in [0.29, 0.717) is 25.3 Å². The van der Waals surface area contributed by atoms with Crippen molar-refractivity contribution in [1.29, 1.82) is 0 Å². The quantitative estimate of drug-likeness (QED) is 0.774. The van der Waals surface area contributed by atoms with Gasteiger partial charge in [0.05, 0.1) is 12.7 Å². The Bertz CT molecular complexity index is 736. The van der Waals surface area contributed by atoms with Crippen LogP contribution in [0.5, 0.6) is 0 Å². The van der Waals surface area contributed by atoms with Gasteiger partial charge >= 0.3 is 6.18 Å². The first-order valence-corrected chi connectivity index (χ1v) is 7.81. The number of pyridine rings is 1. The minimum atomic E-state index is -4.55. The van der Waals surface area contributed by atoms with Crippen LogP contribution in [0, 0.1) is 0 Å². The molecular formula is C17H17F3N4O. The highest BCUT2D eigenvalue weighted by Crippen LogP contribution is 2.32. The van der Waals surface area contributed by atoms with Crippen molar-refractivity contribution in [3.63, 3.8) is 0 Å². The van der Waals surface area contributed by atoms with Crippen molar-refractivity contribution in [2.45, 2.75) is 18.7 Å². The van der Waals surface area contributed by atoms with E-state index in [2.05, 4.69) is 21.5 Å². The molecule has 8 heteroatoms. The molecule has 1 aliphatic rings. The monoisotopic (exact) mass is 350 g/mol. The average Bonchev–Trinajstić information content (AvgIpc) is 3.08. The van der Waals surface area contributed by atoms with Crippen LogP contribution in [-0.4, -0.2) is 40.8 Å². The highest BCUT2D eigenvalue weighted by atomic mass is 19.4. The van der Waals surface area contributed by atoms with Crippen molar-refractivity contribution in [2.75, 3.05) is 24.6 Å². The number of hydrogen-bond donors (Lipinski definition) is 0. The van der Waals surface area contributed by atoms with E-state index in [0.717, 1.165) is 12.5 Å². The fraction of sp³-hybridized carbons (Fsp3) is 0.353. The smallest absolute Gasteiger partial charge is 0.372 e. The molecule has 5 nitrogen and oxygen atoms in total. The van der Waals surface area contributed by atoms with E-state index in [4.69, 9.17) is 4.74 Å². The summed E-state index contributed by atoms with van der Waals surface area (Å²) >= 11 is 0. The summed E-state index contributed by atoms with van der Waals surface area (Å²) in [5.41, 5.74) is -0.527. The third kappa shape index (κ3) is 4.14. The zero-order chi connectivity index (χ0) is 17.9. The highest BCUT2D eigenvalue weighted by Gasteiger charge is 2.35. The molecule has 0 amide bonds. The van der Waals surface area contributed by atoms with E-state index in [-0.39, 0.29) is 17.7 Å². The van der Waals surface area contributed by atoms with Gasteiger partial charge in [-0.25, -0.2) is 9.97 Å². The number of halogens is 3. The first-order valence-electron chi connectivity index (χ1n) is 7.81. The Morgan fingerprint density at radius 3 is 2.88 bits per heavy atom. The number of aromatic nitrogens is 3. The second-order valence-corrected chi connectivity index (χ2v) is 5.65. The van der Waals surface area contributed by atoms with E-state index >= 15 is 0 Å². The van der Waals surface area contributed by atoms with Gasteiger partial charge in [-0.2, -0.15) is 13.2 Å². The fourth-order valence-corrected chi connectivity index (χ4v) is 2.64. The molecule has 0 bridgehead atoms. The van der Waals surface area contributed by atoms with Gasteiger partial charge in [0.15, 0.2) is 11.5 Å². The van der Waals surface area contributed by atoms with Crippen molar-refractivity contribution in [1.82, 2.24) is 15.0 Å². The summed E-state index contributed by atoms with van der Waals surface area (Å²) in [6.07, 6.45) is 0.757. The molecule has 0 N–H and O–H groups in total. The van der Waals surface area contributed by atoms with Crippen LogP contribution >= 0.6 is 0 Å². The van der Waals surface area contributed by atoms with E-state index in [1.165, 1.54) is 6.20 Å². The number of hydrogen-bond acceptors (Lipinski definition) is 5. The maximum absolute atomic E-state index is 13.2. The lowest BCUT2D eigenvalue weighted by molar-refractivity contribution is -0.141. The molecule has 1 fully saturated rings. The molecular weight excluding hydrogens is 333 g/mol. The average molecular weight is 350 g/mol. The zero-order valence-electron chi connectivity index (χ0n) is 13.4. The lowest BCUT2D eigenvalue weighted by Gasteiger charge is -2.19. The second kappa shape index (κ2) is 7.18. The molecule has 0 radical (unpaired) electrons. The molecule has 0 aromatic carbocycles. The van der Waals surface area contributed by atoms with Crippen LogP contribution in [0.2, 0.25) is 0 Å². The van der Waals surface area contributed by atoms with Crippen molar-refractivity contribution in [2.24, 2.45) is 0 Å². The second-order valence-electron chi connectivity index (χ2n) is 5.65. The summed E-state index contributed by atoms with van der Waals surface area (Å²) < 4.78 is 45.3. The van der Waals surface area contributed by atoms with E-state index < -0.39 is 11.9 Å². The van der Waals surface area contributed by atoms with Crippen LogP contribution in [0.25, 0.3) is 11.4 Å². The van der Waals surface area contributed by atoms with E-state index in [1.54, 1.807) is 29.3 Å². The lowest BCUT2D eigenvalue weighted by atomic mass is 10.2. The van der Waals surface area contributed by atoms with Crippen LogP contribution < -0.4 is 4.90 Å². The predicted octanol–water partition coefficient (Wildman–Crippen LogP) is 3.34. The molecule has 0 spiro atoms. The highest BCUT2D eigenvalue weighted by molar-refractivity contribution is 5.57. The molecule has 0 saturated carbocycles. The van der Waals surface area contributed by atoms with Crippen molar-refractivity contribution in [3.05, 3.63) is 48.9 Å². The van der Waals surface area contributed by atoms with Crippen LogP contribution in [0.3, 0.4) is 0 Å². The van der Waals surface area contributed by atoms with Crippen LogP contribution in [0.4, 0.5) is 19.0 Å². The lowest BCUT2D eigenvalue weighted by Crippen LogP contribution is -2.25. The van der Waals surface area contributed by atoms with Gasteiger partial charge in [0, 0.05) is 37.1 Å². The molecule has 25 heavy (non-hydrogen) atoms. The molecule has 132 valence electrons. The Morgan fingerprint density at radius 2 is 2.20 bits per heavy atom. The molecule has 1 unspecified atom stereocenters. The van der Waals surface area contributed by atoms with Gasteiger partial charge in [0.2, 0.25) is 0 Å². The van der Waals surface area contributed by atoms with Gasteiger partial charge in [-0.1, -0.05) is 6.08 Å². The molecule has 0 aliphatic carbocycles. The molecule has 1 aliphatic heterocycles. The van der Waals surface area contributed by atoms with Gasteiger partial charge in [-0.3, -0.25) is 4.98 Å². The van der Waals surface area contributed by atoms with Gasteiger partial charge in [0.25, 0.3) is 0 Å². The largest absolute Gasteiger partial charge is 0.433 e. The van der Waals surface area contributed by atoms with Gasteiger partial charge in [0.1, 0.15) is 5.82 Å². The predicted molar refractivity (Wildman–Crippen MR) is 87.0 cm³/mol. The number of ether oxygens (including phenoxy) is 1. The van der Waals surface area contributed by atoms with Crippen LogP contribution in [-0.2, 0) is 10.9 Å². The Balaban J connectivity index is 1.92. The third-order valence-electron chi connectivity index (χ3n) is 3.84. The molecule has 3 rings (SSSR count). The maximum Gasteiger partial charge on any atom is 0.433 e. The van der Waals surface area contributed by atoms with Crippen LogP contribution in [0.1, 0.15) is 12.1 Å². The van der Waals surface area contributed by atoms with Crippen LogP contribution in [0.15, 0.2) is 43.2 Å². The normalized spacial score (nSPS) is 17.7. The third-order valence-corrected chi connectivity index (χ3v) is 3.84. The topological polar surface area (TPSA) is 51.1 Å². The number of nitrogens with zero attached hydrogens (tertiary/aromatic N) is 4. The first kappa shape index (κ1) is 17.3. The summed E-state index contributed by atoms with van der Waals surface area (Å²) in [6.45, 7) is 5.06. The minimum Gasteiger partial charge on any atom is -0.372 e. The minimum absolute atomic E-state index is 0.00776. The summed E-state index contributed by atoms with van der Waals surface area (Å²) in [5.74, 6) is 0.249. The number of rotatable bonds is 5. The van der Waals surface area contributed by atoms with E-state index in [9.17, 15) is 13.2 Å². The Hall–Kier alpha value is -2.48. The molecule has 1 atom stereocenters. The SMILES string of the molecule is C=CCOC1CCN(c2cc(C(F)(F)F)nc(-c3cccnc3)n2)C1. The zero-order valence-corrected chi connectivity index (χ0v) is 13.4. The first-order chi connectivity index (χ1) is 12.0. The standard InChI is InChI=1S/C17H17F3N4O/c1-2-8-25-13-5-7-24(11-13)15-9-14(17(18,19)20)22-16(23-15)12-4-3-6-21-10-12/h2-4,6,9-10,13H,1,5,7-8,11H2. The Labute approximate surface area is 143 Å². The Morgan fingerprint density at radius 1 is 1.36 bits per heavy atom. The molecule has 1 saturated heterocycles. The summed E-state index contributed by atoms with van der Waals surface area (Å²) in [7, 11) is 0. The molecule has 2 aromatic rings. The Kier molecular flexibility index (Phi) is 4.98. The summed E-state index contributed by atoms with van der Waals surface area (Å²) in [4.78, 5) is 13.7. The van der Waals surface area contributed by atoms with Gasteiger partial charge in [-0.05, 0) is 18.6 Å². The maximum atomic E-state index is 13.2. The van der Waals surface area contributed by atoms with Crippen molar-refractivity contribution < 1.29 is 17.9 Å².